The maximum absolute atomic E-state index is 11.4. The van der Waals surface area contributed by atoms with E-state index in [9.17, 15) is 13.5 Å². The van der Waals surface area contributed by atoms with Gasteiger partial charge in [-0.1, -0.05) is 13.8 Å². The molecule has 0 aliphatic carbocycles. The van der Waals surface area contributed by atoms with E-state index < -0.39 is 9.84 Å². The Hall–Kier alpha value is -0.130. The third kappa shape index (κ3) is 5.49. The van der Waals surface area contributed by atoms with Crippen LogP contribution in [-0.4, -0.2) is 43.2 Å². The topological polar surface area (TPSA) is 66.4 Å². The van der Waals surface area contributed by atoms with Gasteiger partial charge in [-0.25, -0.2) is 8.42 Å². The zero-order valence-corrected chi connectivity index (χ0v) is 10.9. The number of nitrogens with one attached hydrogen (secondary N) is 1. The molecule has 0 aromatic rings. The van der Waals surface area contributed by atoms with Crippen LogP contribution < -0.4 is 5.32 Å². The van der Waals surface area contributed by atoms with Crippen molar-refractivity contribution in [1.29, 1.82) is 0 Å². The minimum atomic E-state index is -2.95. The van der Waals surface area contributed by atoms with Crippen molar-refractivity contribution < 1.29 is 13.5 Å². The molecule has 0 fully saturated rings. The van der Waals surface area contributed by atoms with Crippen LogP contribution in [0.15, 0.2) is 0 Å². The highest BCUT2D eigenvalue weighted by molar-refractivity contribution is 7.91. The van der Waals surface area contributed by atoms with Gasteiger partial charge in [0, 0.05) is 17.3 Å². The lowest BCUT2D eigenvalue weighted by Crippen LogP contribution is -2.51. The summed E-state index contributed by atoms with van der Waals surface area (Å²) in [6.07, 6.45) is 0.764. The quantitative estimate of drug-likeness (QED) is 0.679. The van der Waals surface area contributed by atoms with Crippen LogP contribution in [0.1, 0.15) is 34.1 Å². The van der Waals surface area contributed by atoms with Gasteiger partial charge in [0.15, 0.2) is 9.84 Å². The molecule has 2 atom stereocenters. The molecule has 0 aliphatic rings. The minimum absolute atomic E-state index is 0.0139. The van der Waals surface area contributed by atoms with Crippen LogP contribution in [0, 0.1) is 0 Å². The van der Waals surface area contributed by atoms with Gasteiger partial charge in [-0.2, -0.15) is 0 Å². The van der Waals surface area contributed by atoms with Crippen molar-refractivity contribution in [3.63, 3.8) is 0 Å². The van der Waals surface area contributed by atoms with Crippen molar-refractivity contribution in [3.8, 4) is 0 Å². The molecule has 92 valence electrons. The second-order valence-electron chi connectivity index (χ2n) is 4.32. The number of hydrogen-bond donors (Lipinski definition) is 2. The summed E-state index contributed by atoms with van der Waals surface area (Å²) in [5.74, 6) is 0.292. The first kappa shape index (κ1) is 14.9. The molecule has 2 unspecified atom stereocenters. The van der Waals surface area contributed by atoms with Gasteiger partial charge in [0.2, 0.25) is 0 Å². The van der Waals surface area contributed by atoms with Crippen LogP contribution in [0.25, 0.3) is 0 Å². The van der Waals surface area contributed by atoms with E-state index in [1.807, 2.05) is 20.8 Å². The highest BCUT2D eigenvalue weighted by Crippen LogP contribution is 2.09. The van der Waals surface area contributed by atoms with Gasteiger partial charge in [-0.05, 0) is 20.3 Å². The lowest BCUT2D eigenvalue weighted by atomic mass is 9.99. The van der Waals surface area contributed by atoms with Crippen molar-refractivity contribution in [2.24, 2.45) is 0 Å². The van der Waals surface area contributed by atoms with Crippen LogP contribution in [0.3, 0.4) is 0 Å². The van der Waals surface area contributed by atoms with Crippen molar-refractivity contribution in [1.82, 2.24) is 5.32 Å². The van der Waals surface area contributed by atoms with Crippen LogP contribution in [0.4, 0.5) is 0 Å². The molecular weight excluding hydrogens is 214 g/mol. The zero-order chi connectivity index (χ0) is 12.1. The van der Waals surface area contributed by atoms with Crippen molar-refractivity contribution in [3.05, 3.63) is 0 Å². The van der Waals surface area contributed by atoms with Gasteiger partial charge in [-0.15, -0.1) is 0 Å². The maximum Gasteiger partial charge on any atom is 0.151 e. The average molecular weight is 237 g/mol. The molecule has 5 heteroatoms. The van der Waals surface area contributed by atoms with E-state index in [2.05, 4.69) is 5.32 Å². The fourth-order valence-corrected chi connectivity index (χ4v) is 2.48. The Bertz CT molecular complexity index is 270. The Morgan fingerprint density at radius 1 is 1.40 bits per heavy atom. The number of rotatable bonds is 7. The van der Waals surface area contributed by atoms with Crippen molar-refractivity contribution in [2.45, 2.75) is 45.7 Å². The number of hydrogen-bond acceptors (Lipinski definition) is 4. The molecule has 0 saturated heterocycles. The predicted octanol–water partition coefficient (Wildman–Crippen LogP) is 0.560. The second-order valence-corrected chi connectivity index (χ2v) is 6.71. The van der Waals surface area contributed by atoms with Crippen LogP contribution >= 0.6 is 0 Å². The van der Waals surface area contributed by atoms with E-state index in [4.69, 9.17) is 0 Å². The summed E-state index contributed by atoms with van der Waals surface area (Å²) in [5, 5.41) is 12.3. The Kier molecular flexibility index (Phi) is 5.77. The van der Waals surface area contributed by atoms with Gasteiger partial charge < -0.3 is 10.4 Å². The first-order chi connectivity index (χ1) is 6.78. The molecule has 0 aromatic carbocycles. The summed E-state index contributed by atoms with van der Waals surface area (Å²) in [6.45, 7) is 7.34. The second kappa shape index (κ2) is 5.82. The van der Waals surface area contributed by atoms with Gasteiger partial charge in [0.1, 0.15) is 0 Å². The number of sulfone groups is 1. The van der Waals surface area contributed by atoms with Crippen LogP contribution in [0.5, 0.6) is 0 Å². The SMILES string of the molecule is CCC(C)(CO)NC(C)CS(=O)(=O)CC. The Morgan fingerprint density at radius 3 is 2.27 bits per heavy atom. The third-order valence-corrected chi connectivity index (χ3v) is 4.56. The first-order valence-electron chi connectivity index (χ1n) is 5.37. The number of aliphatic hydroxyl groups excluding tert-OH is 1. The molecule has 0 heterocycles. The van der Waals surface area contributed by atoms with E-state index in [1.54, 1.807) is 6.92 Å². The summed E-state index contributed by atoms with van der Waals surface area (Å²) in [4.78, 5) is 0. The van der Waals surface area contributed by atoms with E-state index >= 15 is 0 Å². The molecule has 0 aromatic heterocycles. The molecule has 0 amide bonds. The Balaban J connectivity index is 4.31. The molecule has 0 saturated carbocycles. The van der Waals surface area contributed by atoms with Gasteiger partial charge in [0.25, 0.3) is 0 Å². The molecule has 0 rings (SSSR count). The number of aliphatic hydroxyl groups is 1. The molecule has 0 radical (unpaired) electrons. The van der Waals surface area contributed by atoms with Gasteiger partial charge in [0.05, 0.1) is 12.4 Å². The molecule has 2 N–H and O–H groups in total. The summed E-state index contributed by atoms with van der Waals surface area (Å²) >= 11 is 0. The lowest BCUT2D eigenvalue weighted by Gasteiger charge is -2.31. The normalized spacial score (nSPS) is 18.5. The molecule has 0 spiro atoms. The smallest absolute Gasteiger partial charge is 0.151 e. The van der Waals surface area contributed by atoms with Crippen molar-refractivity contribution in [2.75, 3.05) is 18.1 Å². The molecule has 4 nitrogen and oxygen atoms in total. The molecule has 0 aliphatic heterocycles. The summed E-state index contributed by atoms with van der Waals surface area (Å²) in [5.41, 5.74) is -0.386. The third-order valence-electron chi connectivity index (χ3n) is 2.67. The predicted molar refractivity (Wildman–Crippen MR) is 62.7 cm³/mol. The highest BCUT2D eigenvalue weighted by Gasteiger charge is 2.24. The highest BCUT2D eigenvalue weighted by atomic mass is 32.2. The standard InChI is InChI=1S/C10H23NO3S/c1-5-10(4,8-12)11-9(3)7-15(13,14)6-2/h9,11-12H,5-8H2,1-4H3. The van der Waals surface area contributed by atoms with E-state index in [1.165, 1.54) is 0 Å². The van der Waals surface area contributed by atoms with Gasteiger partial charge in [-0.3, -0.25) is 0 Å². The first-order valence-corrected chi connectivity index (χ1v) is 7.19. The van der Waals surface area contributed by atoms with E-state index in [0.717, 1.165) is 6.42 Å². The van der Waals surface area contributed by atoms with E-state index in [0.29, 0.717) is 0 Å². The lowest BCUT2D eigenvalue weighted by molar-refractivity contribution is 0.162. The molecule has 0 bridgehead atoms. The molecule has 15 heavy (non-hydrogen) atoms. The Morgan fingerprint density at radius 2 is 1.93 bits per heavy atom. The fourth-order valence-electron chi connectivity index (χ4n) is 1.39. The average Bonchev–Trinajstić information content (AvgIpc) is 2.16. The summed E-state index contributed by atoms with van der Waals surface area (Å²) < 4.78 is 22.7. The monoisotopic (exact) mass is 237 g/mol. The van der Waals surface area contributed by atoms with E-state index in [-0.39, 0.29) is 29.7 Å². The fraction of sp³-hybridized carbons (Fsp3) is 1.00. The maximum atomic E-state index is 11.4. The summed E-state index contributed by atoms with van der Waals surface area (Å²) in [6, 6.07) is -0.132. The van der Waals surface area contributed by atoms with Crippen LogP contribution in [-0.2, 0) is 9.84 Å². The minimum Gasteiger partial charge on any atom is -0.394 e. The van der Waals surface area contributed by atoms with Crippen LogP contribution in [0.2, 0.25) is 0 Å². The van der Waals surface area contributed by atoms with Gasteiger partial charge >= 0.3 is 0 Å². The summed E-state index contributed by atoms with van der Waals surface area (Å²) in [7, 11) is -2.95. The van der Waals surface area contributed by atoms with Crippen molar-refractivity contribution >= 4 is 9.84 Å². The largest absolute Gasteiger partial charge is 0.394 e. The zero-order valence-electron chi connectivity index (χ0n) is 10.1. The molecular formula is C10H23NO3S. The Labute approximate surface area is 93.0 Å².